The summed E-state index contributed by atoms with van der Waals surface area (Å²) in [6.45, 7) is -0.651. The Balaban J connectivity index is 2.18. The largest absolute Gasteiger partial charge is 0.507 e. The van der Waals surface area contributed by atoms with Gasteiger partial charge in [0.2, 0.25) is 0 Å². The van der Waals surface area contributed by atoms with E-state index < -0.39 is 30.2 Å². The molecule has 1 heterocycles. The maximum Gasteiger partial charge on any atom is 0.323 e. The molecule has 0 bridgehead atoms. The molecule has 1 amide bonds. The number of benzene rings is 2. The number of carboxylic acid groups (broad SMARTS) is 1. The number of rotatable bonds is 4. The minimum absolute atomic E-state index is 0.148. The molecule has 0 unspecified atom stereocenters. The van der Waals surface area contributed by atoms with Crippen LogP contribution in [0.4, 0.5) is 0 Å². The number of likely N-dealkylation sites (tertiary alicyclic amines) is 1. The molecule has 0 saturated carbocycles. The van der Waals surface area contributed by atoms with Crippen LogP contribution in [0.1, 0.15) is 17.2 Å². The van der Waals surface area contributed by atoms with Gasteiger partial charge < -0.3 is 15.1 Å². The lowest BCUT2D eigenvalue weighted by atomic mass is 9.95. The number of halogens is 1. The molecule has 1 aliphatic rings. The fraction of sp³-hybridized carbons (Fsp3) is 0.105. The van der Waals surface area contributed by atoms with Crippen LogP contribution in [0.5, 0.6) is 0 Å². The number of carbonyl (C=O) groups is 3. The van der Waals surface area contributed by atoms with E-state index in [9.17, 15) is 19.5 Å². The third-order valence-electron chi connectivity index (χ3n) is 4.08. The highest BCUT2D eigenvalue weighted by molar-refractivity contribution is 6.46. The fourth-order valence-electron chi connectivity index (χ4n) is 2.93. The molecule has 2 N–H and O–H groups in total. The van der Waals surface area contributed by atoms with E-state index in [0.29, 0.717) is 16.1 Å². The number of hydrogen-bond donors (Lipinski definition) is 2. The lowest BCUT2D eigenvalue weighted by Crippen LogP contribution is -2.34. The van der Waals surface area contributed by atoms with Gasteiger partial charge in [-0.15, -0.1) is 0 Å². The Kier molecular flexibility index (Phi) is 4.77. The van der Waals surface area contributed by atoms with Gasteiger partial charge in [0.1, 0.15) is 12.3 Å². The molecule has 0 aromatic heterocycles. The summed E-state index contributed by atoms with van der Waals surface area (Å²) < 4.78 is 0. The van der Waals surface area contributed by atoms with Crippen molar-refractivity contribution in [1.29, 1.82) is 0 Å². The van der Waals surface area contributed by atoms with Crippen LogP contribution in [0.2, 0.25) is 5.02 Å². The van der Waals surface area contributed by atoms with E-state index in [1.54, 1.807) is 42.5 Å². The summed E-state index contributed by atoms with van der Waals surface area (Å²) in [5, 5.41) is 20.2. The van der Waals surface area contributed by atoms with Gasteiger partial charge in [0, 0.05) is 10.6 Å². The van der Waals surface area contributed by atoms with Crippen molar-refractivity contribution < 1.29 is 24.6 Å². The van der Waals surface area contributed by atoms with Crippen LogP contribution in [0.25, 0.3) is 5.76 Å². The molecule has 3 rings (SSSR count). The zero-order valence-electron chi connectivity index (χ0n) is 13.4. The van der Waals surface area contributed by atoms with Gasteiger partial charge >= 0.3 is 5.97 Å². The Hall–Kier alpha value is -3.12. The maximum absolute atomic E-state index is 12.5. The van der Waals surface area contributed by atoms with Crippen molar-refractivity contribution in [3.05, 3.63) is 76.3 Å². The molecule has 6 nitrogen and oxygen atoms in total. The second kappa shape index (κ2) is 7.01. The van der Waals surface area contributed by atoms with Crippen molar-refractivity contribution in [2.75, 3.05) is 6.54 Å². The predicted octanol–water partition coefficient (Wildman–Crippen LogP) is 2.85. The van der Waals surface area contributed by atoms with Gasteiger partial charge in [-0.2, -0.15) is 0 Å². The number of aliphatic hydroxyl groups excluding tert-OH is 1. The molecule has 1 aliphatic heterocycles. The standard InChI is InChI=1S/C19H14ClNO5/c20-13-8-6-12(7-9-13)17(24)15-16(11-4-2-1-3-5-11)21(10-14(22)23)19(26)18(15)25/h1-9,16,24H,10H2,(H,22,23)/t16-/m1/s1. The number of amides is 1. The Bertz CT molecular complexity index is 905. The van der Waals surface area contributed by atoms with Crippen molar-refractivity contribution in [3.8, 4) is 0 Å². The number of nitrogens with zero attached hydrogens (tertiary/aromatic N) is 1. The first kappa shape index (κ1) is 17.7. The summed E-state index contributed by atoms with van der Waals surface area (Å²) in [5.41, 5.74) is 0.692. The molecular weight excluding hydrogens is 358 g/mol. The second-order valence-electron chi connectivity index (χ2n) is 5.74. The summed E-state index contributed by atoms with van der Waals surface area (Å²) in [5.74, 6) is -3.51. The maximum atomic E-state index is 12.5. The molecule has 0 aliphatic carbocycles. The van der Waals surface area contributed by atoms with E-state index in [1.807, 2.05) is 0 Å². The van der Waals surface area contributed by atoms with Crippen LogP contribution in [0.15, 0.2) is 60.2 Å². The molecule has 1 fully saturated rings. The van der Waals surface area contributed by atoms with E-state index >= 15 is 0 Å². The van der Waals surface area contributed by atoms with E-state index in [1.165, 1.54) is 12.1 Å². The first-order valence-corrected chi connectivity index (χ1v) is 8.09. The van der Waals surface area contributed by atoms with Crippen LogP contribution < -0.4 is 0 Å². The SMILES string of the molecule is O=C(O)CN1C(=O)C(=O)C(=C(O)c2ccc(Cl)cc2)[C@H]1c1ccccc1. The molecule has 2 aromatic rings. The Morgan fingerprint density at radius 3 is 2.19 bits per heavy atom. The first-order valence-electron chi connectivity index (χ1n) is 7.71. The van der Waals surface area contributed by atoms with E-state index in [-0.39, 0.29) is 11.3 Å². The summed E-state index contributed by atoms with van der Waals surface area (Å²) >= 11 is 5.84. The van der Waals surface area contributed by atoms with Gasteiger partial charge in [0.25, 0.3) is 11.7 Å². The Morgan fingerprint density at radius 2 is 1.62 bits per heavy atom. The minimum Gasteiger partial charge on any atom is -0.507 e. The quantitative estimate of drug-likeness (QED) is 0.489. The Labute approximate surface area is 153 Å². The minimum atomic E-state index is -1.25. The lowest BCUT2D eigenvalue weighted by molar-refractivity contribution is -0.146. The normalized spacial score (nSPS) is 19.0. The fourth-order valence-corrected chi connectivity index (χ4v) is 3.06. The summed E-state index contributed by atoms with van der Waals surface area (Å²) in [4.78, 5) is 37.0. The number of carbonyl (C=O) groups excluding carboxylic acids is 2. The van der Waals surface area contributed by atoms with Crippen LogP contribution in [0.3, 0.4) is 0 Å². The third-order valence-corrected chi connectivity index (χ3v) is 4.33. The second-order valence-corrected chi connectivity index (χ2v) is 6.17. The molecule has 7 heteroatoms. The summed E-state index contributed by atoms with van der Waals surface area (Å²) in [6.07, 6.45) is 0. The van der Waals surface area contributed by atoms with Crippen LogP contribution in [0, 0.1) is 0 Å². The number of carboxylic acids is 1. The summed E-state index contributed by atoms with van der Waals surface area (Å²) in [7, 11) is 0. The van der Waals surface area contributed by atoms with Gasteiger partial charge in [0.15, 0.2) is 0 Å². The number of aliphatic carboxylic acids is 1. The molecule has 2 aromatic carbocycles. The highest BCUT2D eigenvalue weighted by atomic mass is 35.5. The van der Waals surface area contributed by atoms with Gasteiger partial charge in [-0.25, -0.2) is 0 Å². The van der Waals surface area contributed by atoms with Crippen LogP contribution in [-0.4, -0.2) is 39.3 Å². The number of hydrogen-bond acceptors (Lipinski definition) is 4. The van der Waals surface area contributed by atoms with Crippen LogP contribution >= 0.6 is 11.6 Å². The zero-order valence-corrected chi connectivity index (χ0v) is 14.2. The molecular formula is C19H14ClNO5. The highest BCUT2D eigenvalue weighted by Gasteiger charge is 2.46. The van der Waals surface area contributed by atoms with Crippen molar-refractivity contribution in [1.82, 2.24) is 4.90 Å². The van der Waals surface area contributed by atoms with Crippen molar-refractivity contribution >= 4 is 35.0 Å². The average molecular weight is 372 g/mol. The summed E-state index contributed by atoms with van der Waals surface area (Å²) in [6, 6.07) is 13.6. The average Bonchev–Trinajstić information content (AvgIpc) is 2.87. The molecule has 132 valence electrons. The predicted molar refractivity (Wildman–Crippen MR) is 94.5 cm³/mol. The van der Waals surface area contributed by atoms with Gasteiger partial charge in [0.05, 0.1) is 11.6 Å². The molecule has 1 saturated heterocycles. The smallest absolute Gasteiger partial charge is 0.323 e. The molecule has 26 heavy (non-hydrogen) atoms. The highest BCUT2D eigenvalue weighted by Crippen LogP contribution is 2.39. The molecule has 0 spiro atoms. The lowest BCUT2D eigenvalue weighted by Gasteiger charge is -2.23. The van der Waals surface area contributed by atoms with Crippen molar-refractivity contribution in [3.63, 3.8) is 0 Å². The van der Waals surface area contributed by atoms with E-state index in [0.717, 1.165) is 4.90 Å². The molecule has 1 atom stereocenters. The van der Waals surface area contributed by atoms with Gasteiger partial charge in [-0.3, -0.25) is 14.4 Å². The van der Waals surface area contributed by atoms with E-state index in [2.05, 4.69) is 0 Å². The third kappa shape index (κ3) is 3.19. The first-order chi connectivity index (χ1) is 12.4. The number of aliphatic hydroxyl groups is 1. The molecule has 0 radical (unpaired) electrons. The topological polar surface area (TPSA) is 94.9 Å². The van der Waals surface area contributed by atoms with Gasteiger partial charge in [-0.05, 0) is 29.8 Å². The number of Topliss-reactive ketones (excluding diaryl/α,β-unsaturated/α-hetero) is 1. The number of ketones is 1. The van der Waals surface area contributed by atoms with Crippen LogP contribution in [-0.2, 0) is 14.4 Å². The van der Waals surface area contributed by atoms with Crippen molar-refractivity contribution in [2.24, 2.45) is 0 Å². The Morgan fingerprint density at radius 1 is 1.00 bits per heavy atom. The monoisotopic (exact) mass is 371 g/mol. The van der Waals surface area contributed by atoms with Gasteiger partial charge in [-0.1, -0.05) is 41.9 Å². The van der Waals surface area contributed by atoms with E-state index in [4.69, 9.17) is 16.7 Å². The zero-order chi connectivity index (χ0) is 18.8. The van der Waals surface area contributed by atoms with Crippen molar-refractivity contribution in [2.45, 2.75) is 6.04 Å².